The molecule has 5 nitrogen and oxygen atoms in total. The van der Waals surface area contributed by atoms with Crippen LogP contribution in [0.5, 0.6) is 11.5 Å². The average molecular weight is 471 g/mol. The summed E-state index contributed by atoms with van der Waals surface area (Å²) in [4.78, 5) is 12.1. The summed E-state index contributed by atoms with van der Waals surface area (Å²) in [6.07, 6.45) is -1.59. The number of hydrogen-bond acceptors (Lipinski definition) is 4. The lowest BCUT2D eigenvalue weighted by molar-refractivity contribution is -0.137. The van der Waals surface area contributed by atoms with Crippen LogP contribution in [-0.4, -0.2) is 25.3 Å². The number of nitrogens with one attached hydrogen (secondary N) is 1. The zero-order chi connectivity index (χ0) is 21.4. The molecule has 0 spiro atoms. The van der Waals surface area contributed by atoms with Gasteiger partial charge in [0.25, 0.3) is 5.91 Å². The van der Waals surface area contributed by atoms with Crippen molar-refractivity contribution in [1.82, 2.24) is 5.43 Å². The van der Waals surface area contributed by atoms with Crippen LogP contribution in [-0.2, 0) is 6.18 Å². The standard InChI is InChI=1S/C20H18BrF3N2O3/c1-3-8-29-18-16(21)9-13(10-17(18)28-4-2)12-25-26-19(27)14-6-5-7-15(11-14)20(22,23)24/h3,5-7,9-12H,1,4,8H2,2H3,(H,26,27)/b25-12-. The average Bonchev–Trinajstić information content (AvgIpc) is 2.67. The molecule has 2 rings (SSSR count). The molecule has 0 saturated heterocycles. The summed E-state index contributed by atoms with van der Waals surface area (Å²) < 4.78 is 50.0. The number of hydrogen-bond donors (Lipinski definition) is 1. The lowest BCUT2D eigenvalue weighted by Gasteiger charge is -2.13. The van der Waals surface area contributed by atoms with E-state index >= 15 is 0 Å². The van der Waals surface area contributed by atoms with Crippen molar-refractivity contribution in [1.29, 1.82) is 0 Å². The van der Waals surface area contributed by atoms with Gasteiger partial charge in [-0.25, -0.2) is 5.43 Å². The number of carbonyl (C=O) groups excluding carboxylic acids is 1. The Morgan fingerprint density at radius 3 is 2.69 bits per heavy atom. The normalized spacial score (nSPS) is 11.3. The lowest BCUT2D eigenvalue weighted by atomic mass is 10.1. The molecule has 2 aromatic rings. The Labute approximate surface area is 174 Å². The number of alkyl halides is 3. The molecular formula is C20H18BrF3N2O3. The van der Waals surface area contributed by atoms with E-state index in [-0.39, 0.29) is 5.56 Å². The fourth-order valence-electron chi connectivity index (χ4n) is 2.27. The molecule has 9 heteroatoms. The zero-order valence-corrected chi connectivity index (χ0v) is 17.0. The Hall–Kier alpha value is -2.81. The minimum Gasteiger partial charge on any atom is -0.490 e. The first kappa shape index (κ1) is 22.5. The SMILES string of the molecule is C=CCOc1c(Br)cc(/C=N\NC(=O)c2cccc(C(F)(F)F)c2)cc1OCC. The summed E-state index contributed by atoms with van der Waals surface area (Å²) in [6.45, 7) is 6.11. The summed E-state index contributed by atoms with van der Waals surface area (Å²) in [7, 11) is 0. The molecule has 2 aromatic carbocycles. The smallest absolute Gasteiger partial charge is 0.416 e. The molecule has 0 atom stereocenters. The summed E-state index contributed by atoms with van der Waals surface area (Å²) in [5.41, 5.74) is 1.73. The Bertz CT molecular complexity index is 914. The van der Waals surface area contributed by atoms with Crippen molar-refractivity contribution in [3.63, 3.8) is 0 Å². The van der Waals surface area contributed by atoms with E-state index in [0.717, 1.165) is 18.2 Å². The van der Waals surface area contributed by atoms with Crippen molar-refractivity contribution in [2.24, 2.45) is 5.10 Å². The van der Waals surface area contributed by atoms with E-state index < -0.39 is 17.6 Å². The van der Waals surface area contributed by atoms with E-state index in [4.69, 9.17) is 9.47 Å². The van der Waals surface area contributed by atoms with Gasteiger partial charge in [0.2, 0.25) is 0 Å². The second kappa shape index (κ2) is 10.1. The molecule has 0 radical (unpaired) electrons. The topological polar surface area (TPSA) is 59.9 Å². The number of amides is 1. The fourth-order valence-corrected chi connectivity index (χ4v) is 2.85. The first-order valence-corrected chi connectivity index (χ1v) is 9.26. The molecule has 29 heavy (non-hydrogen) atoms. The minimum atomic E-state index is -4.53. The largest absolute Gasteiger partial charge is 0.490 e. The molecule has 0 saturated carbocycles. The molecule has 1 N–H and O–H groups in total. The van der Waals surface area contributed by atoms with E-state index in [9.17, 15) is 18.0 Å². The van der Waals surface area contributed by atoms with Crippen molar-refractivity contribution < 1.29 is 27.4 Å². The first-order chi connectivity index (χ1) is 13.8. The van der Waals surface area contributed by atoms with E-state index in [1.54, 1.807) is 18.2 Å². The van der Waals surface area contributed by atoms with Gasteiger partial charge in [-0.3, -0.25) is 4.79 Å². The highest BCUT2D eigenvalue weighted by molar-refractivity contribution is 9.10. The van der Waals surface area contributed by atoms with Crippen molar-refractivity contribution >= 4 is 28.1 Å². The van der Waals surface area contributed by atoms with Crippen LogP contribution in [0, 0.1) is 0 Å². The van der Waals surface area contributed by atoms with Crippen LogP contribution >= 0.6 is 15.9 Å². The van der Waals surface area contributed by atoms with Crippen LogP contribution in [0.3, 0.4) is 0 Å². The van der Waals surface area contributed by atoms with Crippen LogP contribution in [0.2, 0.25) is 0 Å². The second-order valence-corrected chi connectivity index (χ2v) is 6.49. The number of halogens is 4. The molecule has 1 amide bonds. The van der Waals surface area contributed by atoms with Gasteiger partial charge in [-0.1, -0.05) is 18.7 Å². The molecule has 0 aliphatic carbocycles. The highest BCUT2D eigenvalue weighted by Gasteiger charge is 2.30. The summed E-state index contributed by atoms with van der Waals surface area (Å²) in [5.74, 6) is 0.202. The minimum absolute atomic E-state index is 0.152. The first-order valence-electron chi connectivity index (χ1n) is 8.47. The third-order valence-electron chi connectivity index (χ3n) is 3.51. The van der Waals surface area contributed by atoms with Crippen LogP contribution < -0.4 is 14.9 Å². The number of nitrogens with zero attached hydrogens (tertiary/aromatic N) is 1. The third-order valence-corrected chi connectivity index (χ3v) is 4.10. The Kier molecular flexibility index (Phi) is 7.83. The molecular weight excluding hydrogens is 453 g/mol. The number of hydrazone groups is 1. The maximum absolute atomic E-state index is 12.8. The third kappa shape index (κ3) is 6.35. The van der Waals surface area contributed by atoms with Gasteiger partial charge >= 0.3 is 6.18 Å². The molecule has 0 heterocycles. The molecule has 0 aliphatic rings. The van der Waals surface area contributed by atoms with Gasteiger partial charge < -0.3 is 9.47 Å². The van der Waals surface area contributed by atoms with E-state index in [2.05, 4.69) is 33.0 Å². The van der Waals surface area contributed by atoms with Crippen molar-refractivity contribution in [3.8, 4) is 11.5 Å². The predicted octanol–water partition coefficient (Wildman–Crippen LogP) is 5.20. The van der Waals surface area contributed by atoms with Crippen molar-refractivity contribution in [2.75, 3.05) is 13.2 Å². The Morgan fingerprint density at radius 1 is 1.28 bits per heavy atom. The molecule has 0 aliphatic heterocycles. The molecule has 0 fully saturated rings. The number of benzene rings is 2. The maximum atomic E-state index is 12.8. The van der Waals surface area contributed by atoms with Gasteiger partial charge in [0.05, 0.1) is 22.9 Å². The van der Waals surface area contributed by atoms with Gasteiger partial charge in [-0.05, 0) is 58.7 Å². The summed E-state index contributed by atoms with van der Waals surface area (Å²) in [6, 6.07) is 7.45. The van der Waals surface area contributed by atoms with Crippen LogP contribution in [0.15, 0.2) is 58.6 Å². The van der Waals surface area contributed by atoms with Crippen LogP contribution in [0.4, 0.5) is 13.2 Å². The number of carbonyl (C=O) groups is 1. The molecule has 154 valence electrons. The van der Waals surface area contributed by atoms with E-state index in [1.165, 1.54) is 12.3 Å². The summed E-state index contributed by atoms with van der Waals surface area (Å²) >= 11 is 3.39. The van der Waals surface area contributed by atoms with Gasteiger partial charge in [0, 0.05) is 5.56 Å². The summed E-state index contributed by atoms with van der Waals surface area (Å²) in [5, 5.41) is 3.80. The van der Waals surface area contributed by atoms with Crippen molar-refractivity contribution in [2.45, 2.75) is 13.1 Å². The van der Waals surface area contributed by atoms with E-state index in [0.29, 0.717) is 34.7 Å². The quantitative estimate of drug-likeness (QED) is 0.327. The second-order valence-electron chi connectivity index (χ2n) is 5.64. The highest BCUT2D eigenvalue weighted by Crippen LogP contribution is 2.36. The lowest BCUT2D eigenvalue weighted by Crippen LogP contribution is -2.18. The Balaban J connectivity index is 2.15. The van der Waals surface area contributed by atoms with Crippen LogP contribution in [0.1, 0.15) is 28.4 Å². The van der Waals surface area contributed by atoms with Gasteiger partial charge in [-0.2, -0.15) is 18.3 Å². The zero-order valence-electron chi connectivity index (χ0n) is 15.4. The van der Waals surface area contributed by atoms with Gasteiger partial charge in [-0.15, -0.1) is 0 Å². The highest BCUT2D eigenvalue weighted by atomic mass is 79.9. The van der Waals surface area contributed by atoms with Crippen molar-refractivity contribution in [3.05, 3.63) is 70.2 Å². The van der Waals surface area contributed by atoms with Gasteiger partial charge in [0.1, 0.15) is 6.61 Å². The number of rotatable bonds is 8. The molecule has 0 unspecified atom stereocenters. The Morgan fingerprint density at radius 2 is 2.03 bits per heavy atom. The maximum Gasteiger partial charge on any atom is 0.416 e. The van der Waals surface area contributed by atoms with Gasteiger partial charge in [0.15, 0.2) is 11.5 Å². The molecule has 0 aromatic heterocycles. The van der Waals surface area contributed by atoms with Crippen LogP contribution in [0.25, 0.3) is 0 Å². The molecule has 0 bridgehead atoms. The van der Waals surface area contributed by atoms with E-state index in [1.807, 2.05) is 6.92 Å². The fraction of sp³-hybridized carbons (Fsp3) is 0.200. The number of ether oxygens (including phenoxy) is 2. The predicted molar refractivity (Wildman–Crippen MR) is 108 cm³/mol. The monoisotopic (exact) mass is 470 g/mol.